The van der Waals surface area contributed by atoms with Crippen LogP contribution >= 0.6 is 23.2 Å². The van der Waals surface area contributed by atoms with Crippen LogP contribution < -0.4 is 22.6 Å². The van der Waals surface area contributed by atoms with Crippen LogP contribution in [0.3, 0.4) is 0 Å². The number of hydrogen-bond acceptors (Lipinski definition) is 5. The molecule has 0 aliphatic carbocycles. The van der Waals surface area contributed by atoms with Crippen LogP contribution in [-0.2, 0) is 0 Å². The van der Waals surface area contributed by atoms with Crippen molar-refractivity contribution in [1.29, 1.82) is 0 Å². The molecular weight excluding hydrogens is 349 g/mol. The first-order valence-electron chi connectivity index (χ1n) is 6.71. The van der Waals surface area contributed by atoms with Gasteiger partial charge in [0.15, 0.2) is 0 Å². The molecule has 0 amide bonds. The zero-order valence-corrected chi connectivity index (χ0v) is 14.0. The van der Waals surface area contributed by atoms with Crippen LogP contribution in [0.15, 0.2) is 51.7 Å². The van der Waals surface area contributed by atoms with Crippen LogP contribution in [0.1, 0.15) is 11.1 Å². The maximum absolute atomic E-state index is 5.82. The molecule has 0 radical (unpaired) electrons. The van der Waals surface area contributed by atoms with E-state index < -0.39 is 0 Å². The molecule has 9 heteroatoms. The number of anilines is 2. The van der Waals surface area contributed by atoms with Gasteiger partial charge in [-0.1, -0.05) is 23.2 Å². The van der Waals surface area contributed by atoms with E-state index in [9.17, 15) is 0 Å². The molecule has 2 rings (SSSR count). The quantitative estimate of drug-likeness (QED) is 0.288. The molecule has 7 N–H and O–H groups in total. The van der Waals surface area contributed by atoms with E-state index in [1.807, 2.05) is 0 Å². The van der Waals surface area contributed by atoms with Crippen molar-refractivity contribution < 1.29 is 0 Å². The summed E-state index contributed by atoms with van der Waals surface area (Å²) >= 11 is 11.6. The number of guanidine groups is 1. The minimum atomic E-state index is 0.00238. The number of nitrogens with two attached hydrogens (primary N) is 3. The maximum atomic E-state index is 5.82. The van der Waals surface area contributed by atoms with Crippen molar-refractivity contribution in [2.45, 2.75) is 0 Å². The van der Waals surface area contributed by atoms with Crippen LogP contribution in [-0.4, -0.2) is 18.4 Å². The molecule has 0 aliphatic heterocycles. The Morgan fingerprint density at radius 2 is 1.46 bits per heavy atom. The van der Waals surface area contributed by atoms with Crippen molar-refractivity contribution in [3.63, 3.8) is 0 Å². The Hall–Kier alpha value is -2.77. The maximum Gasteiger partial charge on any atom is 0.234 e. The highest BCUT2D eigenvalue weighted by Gasteiger charge is 1.97. The van der Waals surface area contributed by atoms with Gasteiger partial charge in [-0.3, -0.25) is 0 Å². The van der Waals surface area contributed by atoms with E-state index in [0.717, 1.165) is 0 Å². The van der Waals surface area contributed by atoms with Crippen molar-refractivity contribution >= 4 is 53.0 Å². The van der Waals surface area contributed by atoms with E-state index >= 15 is 0 Å². The van der Waals surface area contributed by atoms with Crippen molar-refractivity contribution in [3.05, 3.63) is 57.6 Å². The van der Waals surface area contributed by atoms with Gasteiger partial charge >= 0.3 is 0 Å². The lowest BCUT2D eigenvalue weighted by Crippen LogP contribution is -2.26. The van der Waals surface area contributed by atoms with E-state index in [1.165, 1.54) is 12.4 Å². The molecule has 2 aromatic rings. The molecule has 2 aromatic carbocycles. The summed E-state index contributed by atoms with van der Waals surface area (Å²) in [5, 5.41) is 12.6. The van der Waals surface area contributed by atoms with Gasteiger partial charge in [0.05, 0.1) is 12.4 Å². The Balaban J connectivity index is 1.96. The van der Waals surface area contributed by atoms with E-state index in [0.29, 0.717) is 32.5 Å². The highest BCUT2D eigenvalue weighted by molar-refractivity contribution is 6.31. The molecule has 7 nitrogen and oxygen atoms in total. The molecule has 0 aliphatic rings. The Labute approximate surface area is 148 Å². The van der Waals surface area contributed by atoms with Gasteiger partial charge in [-0.15, -0.1) is 5.10 Å². The van der Waals surface area contributed by atoms with Crippen LogP contribution in [0.25, 0.3) is 0 Å². The van der Waals surface area contributed by atoms with Crippen molar-refractivity contribution in [2.24, 2.45) is 21.0 Å². The third-order valence-electron chi connectivity index (χ3n) is 2.84. The molecule has 0 spiro atoms. The van der Waals surface area contributed by atoms with Crippen LogP contribution in [0.5, 0.6) is 0 Å². The Kier molecular flexibility index (Phi) is 6.00. The first-order valence-corrected chi connectivity index (χ1v) is 7.47. The number of halogens is 2. The average molecular weight is 364 g/mol. The van der Waals surface area contributed by atoms with Gasteiger partial charge < -0.3 is 17.2 Å². The van der Waals surface area contributed by atoms with Gasteiger partial charge in [0.2, 0.25) is 5.96 Å². The molecule has 0 heterocycles. The van der Waals surface area contributed by atoms with Crippen LogP contribution in [0, 0.1) is 0 Å². The summed E-state index contributed by atoms with van der Waals surface area (Å²) in [6.45, 7) is 0. The van der Waals surface area contributed by atoms with Gasteiger partial charge in [0.25, 0.3) is 0 Å². The summed E-state index contributed by atoms with van der Waals surface area (Å²) in [5.41, 5.74) is 22.1. The number of rotatable bonds is 4. The zero-order chi connectivity index (χ0) is 17.5. The minimum Gasteiger partial charge on any atom is -0.398 e. The fourth-order valence-corrected chi connectivity index (χ4v) is 2.03. The fourth-order valence-electron chi connectivity index (χ4n) is 1.67. The highest BCUT2D eigenvalue weighted by Crippen LogP contribution is 2.17. The lowest BCUT2D eigenvalue weighted by atomic mass is 10.2. The minimum absolute atomic E-state index is 0.00238. The number of hydrogen-bond donors (Lipinski definition) is 4. The number of nitrogens with one attached hydrogen (secondary N) is 1. The van der Waals surface area contributed by atoms with Crippen LogP contribution in [0.2, 0.25) is 10.0 Å². The van der Waals surface area contributed by atoms with Gasteiger partial charge in [-0.25, -0.2) is 5.43 Å². The average Bonchev–Trinajstić information content (AvgIpc) is 2.51. The molecule has 0 aromatic heterocycles. The number of benzene rings is 2. The Morgan fingerprint density at radius 3 is 2.00 bits per heavy atom. The molecule has 124 valence electrons. The summed E-state index contributed by atoms with van der Waals surface area (Å²) in [4.78, 5) is 0. The molecule has 0 unspecified atom stereocenters. The monoisotopic (exact) mass is 363 g/mol. The molecule has 0 bridgehead atoms. The smallest absolute Gasteiger partial charge is 0.234 e. The number of nitrogens with zero attached hydrogens (tertiary/aromatic N) is 3. The van der Waals surface area contributed by atoms with E-state index in [4.69, 9.17) is 40.4 Å². The lowest BCUT2D eigenvalue weighted by Gasteiger charge is -2.01. The van der Waals surface area contributed by atoms with Crippen molar-refractivity contribution in [3.8, 4) is 0 Å². The normalized spacial score (nSPS) is 12.2. The van der Waals surface area contributed by atoms with Crippen LogP contribution in [0.4, 0.5) is 11.4 Å². The molecule has 0 fully saturated rings. The second kappa shape index (κ2) is 8.19. The molecule has 0 saturated carbocycles. The summed E-state index contributed by atoms with van der Waals surface area (Å²) in [6.07, 6.45) is 2.95. The summed E-state index contributed by atoms with van der Waals surface area (Å²) in [5.74, 6) is 0.00238. The first-order chi connectivity index (χ1) is 11.5. The molecule has 0 atom stereocenters. The van der Waals surface area contributed by atoms with E-state index in [-0.39, 0.29) is 5.96 Å². The molecular formula is C15H15Cl2N7. The number of nitrogen functional groups attached to an aromatic ring is 2. The van der Waals surface area contributed by atoms with E-state index in [2.05, 4.69) is 20.7 Å². The third-order valence-corrected chi connectivity index (χ3v) is 3.31. The summed E-state index contributed by atoms with van der Waals surface area (Å²) in [7, 11) is 0. The molecule has 24 heavy (non-hydrogen) atoms. The zero-order valence-electron chi connectivity index (χ0n) is 12.4. The second-order valence-electron chi connectivity index (χ2n) is 4.65. The second-order valence-corrected chi connectivity index (χ2v) is 5.52. The third kappa shape index (κ3) is 5.15. The van der Waals surface area contributed by atoms with Gasteiger partial charge in [0.1, 0.15) is 0 Å². The largest absolute Gasteiger partial charge is 0.398 e. The predicted octanol–water partition coefficient (Wildman–Crippen LogP) is 2.43. The van der Waals surface area contributed by atoms with Crippen molar-refractivity contribution in [2.75, 3.05) is 11.5 Å². The Bertz CT molecular complexity index is 815. The van der Waals surface area contributed by atoms with Gasteiger partial charge in [-0.05, 0) is 36.4 Å². The number of hydrazone groups is 1. The van der Waals surface area contributed by atoms with Gasteiger partial charge in [-0.2, -0.15) is 10.2 Å². The first kappa shape index (κ1) is 17.6. The summed E-state index contributed by atoms with van der Waals surface area (Å²) in [6, 6.07) is 10.1. The summed E-state index contributed by atoms with van der Waals surface area (Å²) < 4.78 is 0. The Morgan fingerprint density at radius 1 is 0.917 bits per heavy atom. The van der Waals surface area contributed by atoms with E-state index in [1.54, 1.807) is 36.4 Å². The predicted molar refractivity (Wildman–Crippen MR) is 102 cm³/mol. The standard InChI is InChI=1S/C15H15Cl2N7/c16-11-3-1-9(13(18)5-11)7-21-23-15(20)24-22-8-10-2-4-12(17)6-14(10)19/h1-8H,18-19H2,(H3,20,23,24)/b21-7+,22-8+. The lowest BCUT2D eigenvalue weighted by molar-refractivity contribution is 0.994. The highest BCUT2D eigenvalue weighted by atomic mass is 35.5. The molecule has 0 saturated heterocycles. The van der Waals surface area contributed by atoms with Crippen molar-refractivity contribution in [1.82, 2.24) is 5.43 Å². The SMILES string of the molecule is NC(=N/N=C/c1ccc(Cl)cc1N)N/N=C/c1ccc(Cl)cc1N. The topological polar surface area (TPSA) is 127 Å². The fraction of sp³-hybridized carbons (Fsp3) is 0. The van der Waals surface area contributed by atoms with Gasteiger partial charge in [0, 0.05) is 32.5 Å².